The Morgan fingerprint density at radius 1 is 0.500 bits per heavy atom. The SMILES string of the molecule is [CH3][Sn]([CH3])([CH3])[c]1cc2cc3cc4s[c]([Sn]([CH3])([CH3])[CH3])cc4cc3cc2s1. The average molecular weight is 566 g/mol. The molecule has 0 saturated carbocycles. The summed E-state index contributed by atoms with van der Waals surface area (Å²) in [7, 11) is 0. The van der Waals surface area contributed by atoms with Crippen LogP contribution in [0.5, 0.6) is 0 Å². The molecule has 4 rings (SSSR count). The first kappa shape index (κ1) is 17.6. The molecule has 2 heterocycles. The molecule has 0 spiro atoms. The van der Waals surface area contributed by atoms with Gasteiger partial charge in [-0.05, 0) is 0 Å². The zero-order valence-corrected chi connectivity index (χ0v) is 22.6. The second kappa shape index (κ2) is 5.86. The van der Waals surface area contributed by atoms with E-state index in [2.05, 4.69) is 66.0 Å². The third kappa shape index (κ3) is 3.16. The second-order valence-corrected chi connectivity index (χ2v) is 41.8. The van der Waals surface area contributed by atoms with Crippen molar-refractivity contribution in [3.05, 3.63) is 36.4 Å². The number of hydrogen-bond acceptors (Lipinski definition) is 2. The molecule has 0 N–H and O–H groups in total. The van der Waals surface area contributed by atoms with Crippen molar-refractivity contribution in [2.75, 3.05) is 0 Å². The third-order valence-corrected chi connectivity index (χ3v) is 25.6. The summed E-state index contributed by atoms with van der Waals surface area (Å²) >= 11 is 0.135. The summed E-state index contributed by atoms with van der Waals surface area (Å²) in [4.78, 5) is 15.1. The quantitative estimate of drug-likeness (QED) is 0.248. The molecule has 0 saturated heterocycles. The number of hydrogen-bond donors (Lipinski definition) is 0. The Morgan fingerprint density at radius 3 is 1.21 bits per heavy atom. The van der Waals surface area contributed by atoms with Crippen molar-refractivity contribution in [1.82, 2.24) is 0 Å². The molecular weight excluding hydrogens is 542 g/mol. The van der Waals surface area contributed by atoms with E-state index in [1.165, 1.54) is 30.9 Å². The van der Waals surface area contributed by atoms with E-state index in [9.17, 15) is 0 Å². The third-order valence-electron chi connectivity index (χ3n) is 4.59. The van der Waals surface area contributed by atoms with Gasteiger partial charge in [-0.3, -0.25) is 0 Å². The van der Waals surface area contributed by atoms with Crippen molar-refractivity contribution in [3.63, 3.8) is 0 Å². The topological polar surface area (TPSA) is 0 Å². The minimum absolute atomic E-state index is 1.40. The summed E-state index contributed by atoms with van der Waals surface area (Å²) in [6.07, 6.45) is 0. The molecule has 0 bridgehead atoms. The number of thiophene rings is 2. The van der Waals surface area contributed by atoms with E-state index in [-0.39, 0.29) is 0 Å². The predicted molar refractivity (Wildman–Crippen MR) is 121 cm³/mol. The van der Waals surface area contributed by atoms with Crippen LogP contribution in [0.4, 0.5) is 0 Å². The molecule has 24 heavy (non-hydrogen) atoms. The number of benzene rings is 2. The van der Waals surface area contributed by atoms with Crippen LogP contribution in [0.1, 0.15) is 0 Å². The average Bonchev–Trinajstić information content (AvgIpc) is 3.03. The molecule has 0 fully saturated rings. The van der Waals surface area contributed by atoms with E-state index in [0.29, 0.717) is 0 Å². The van der Waals surface area contributed by atoms with Crippen molar-refractivity contribution < 1.29 is 0 Å². The Bertz CT molecular complexity index is 919. The van der Waals surface area contributed by atoms with E-state index < -0.39 is 36.8 Å². The Kier molecular flexibility index (Phi) is 4.30. The summed E-state index contributed by atoms with van der Waals surface area (Å²) in [6, 6.07) is 14.6. The molecule has 0 aliphatic carbocycles. The fourth-order valence-corrected chi connectivity index (χ4v) is 15.8. The van der Waals surface area contributed by atoms with Gasteiger partial charge in [0.15, 0.2) is 0 Å². The van der Waals surface area contributed by atoms with Crippen LogP contribution in [0.15, 0.2) is 36.4 Å². The predicted octanol–water partition coefficient (Wildman–Crippen LogP) is 6.36. The molecule has 0 nitrogen and oxygen atoms in total. The summed E-state index contributed by atoms with van der Waals surface area (Å²) in [6.45, 7) is 0. The van der Waals surface area contributed by atoms with Crippen LogP contribution in [-0.2, 0) is 0 Å². The molecule has 4 heteroatoms. The normalized spacial score (nSPS) is 13.4. The molecule has 0 amide bonds. The minimum atomic E-state index is -1.97. The zero-order valence-electron chi connectivity index (χ0n) is 15.3. The van der Waals surface area contributed by atoms with Crippen LogP contribution in [0.2, 0.25) is 29.6 Å². The van der Waals surface area contributed by atoms with E-state index in [1.54, 1.807) is 5.79 Å². The van der Waals surface area contributed by atoms with Crippen molar-refractivity contribution in [3.8, 4) is 0 Å². The van der Waals surface area contributed by atoms with Crippen molar-refractivity contribution in [2.24, 2.45) is 0 Å². The molecule has 2 aromatic heterocycles. The summed E-state index contributed by atoms with van der Waals surface area (Å²) in [5, 5.41) is 5.70. The van der Waals surface area contributed by atoms with Gasteiger partial charge in [0.05, 0.1) is 0 Å². The molecule has 0 radical (unpaired) electrons. The summed E-state index contributed by atoms with van der Waals surface area (Å²) in [5.41, 5.74) is 0. The molecule has 4 aromatic rings. The molecule has 0 atom stereocenters. The Hall–Kier alpha value is 0.217. The monoisotopic (exact) mass is 568 g/mol. The fraction of sp³-hybridized carbons (Fsp3) is 0.300. The summed E-state index contributed by atoms with van der Waals surface area (Å²) in [5.74, 6) is 0. The molecule has 0 aliphatic heterocycles. The maximum absolute atomic E-state index is 2.51. The van der Waals surface area contributed by atoms with Crippen LogP contribution in [0, 0.1) is 0 Å². The van der Waals surface area contributed by atoms with E-state index in [1.807, 2.05) is 22.7 Å². The van der Waals surface area contributed by atoms with Gasteiger partial charge >= 0.3 is 162 Å². The van der Waals surface area contributed by atoms with Crippen LogP contribution in [-0.4, -0.2) is 36.8 Å². The summed E-state index contributed by atoms with van der Waals surface area (Å²) < 4.78 is 6.30. The van der Waals surface area contributed by atoms with Crippen molar-refractivity contribution in [2.45, 2.75) is 29.6 Å². The Morgan fingerprint density at radius 2 is 0.875 bits per heavy atom. The van der Waals surface area contributed by atoms with Crippen molar-refractivity contribution in [1.29, 1.82) is 0 Å². The van der Waals surface area contributed by atoms with Gasteiger partial charge in [0.25, 0.3) is 0 Å². The van der Waals surface area contributed by atoms with Gasteiger partial charge in [0, 0.05) is 0 Å². The van der Waals surface area contributed by atoms with E-state index in [0.717, 1.165) is 0 Å². The molecule has 0 unspecified atom stereocenters. The zero-order chi connectivity index (χ0) is 17.3. The van der Waals surface area contributed by atoms with Crippen LogP contribution in [0.3, 0.4) is 0 Å². The van der Waals surface area contributed by atoms with Crippen molar-refractivity contribution >= 4 is 96.2 Å². The van der Waals surface area contributed by atoms with Gasteiger partial charge in [-0.25, -0.2) is 0 Å². The van der Waals surface area contributed by atoms with Gasteiger partial charge in [0.2, 0.25) is 0 Å². The first-order chi connectivity index (χ1) is 11.1. The van der Waals surface area contributed by atoms with Gasteiger partial charge in [-0.2, -0.15) is 0 Å². The first-order valence-corrected chi connectivity index (χ1v) is 30.1. The number of fused-ring (bicyclic) bond motifs is 3. The Labute approximate surface area is 160 Å². The van der Waals surface area contributed by atoms with Gasteiger partial charge in [-0.1, -0.05) is 0 Å². The van der Waals surface area contributed by atoms with Crippen LogP contribution in [0.25, 0.3) is 30.9 Å². The maximum atomic E-state index is 2.51. The molecule has 0 aliphatic rings. The first-order valence-electron chi connectivity index (χ1n) is 8.53. The van der Waals surface area contributed by atoms with E-state index in [4.69, 9.17) is 0 Å². The Balaban J connectivity index is 1.95. The van der Waals surface area contributed by atoms with Gasteiger partial charge < -0.3 is 0 Å². The van der Waals surface area contributed by atoms with Gasteiger partial charge in [-0.15, -0.1) is 0 Å². The van der Waals surface area contributed by atoms with E-state index >= 15 is 0 Å². The van der Waals surface area contributed by atoms with Crippen LogP contribution < -0.4 is 5.79 Å². The second-order valence-electron chi connectivity index (χ2n) is 8.85. The standard InChI is InChI=1S/C14H6S2.6CH3.2Sn/c1-3-15-13-7-12-6-10-2-4-16-14(10)8-11(12)5-9(1)13;;;;;;;;/h1-2,5-8H;6*1H3;;. The molecule has 2 aromatic carbocycles. The number of rotatable bonds is 2. The fourth-order valence-electron chi connectivity index (χ4n) is 3.06. The molecule has 124 valence electrons. The van der Waals surface area contributed by atoms with Gasteiger partial charge in [0.1, 0.15) is 0 Å². The van der Waals surface area contributed by atoms with Crippen LogP contribution >= 0.6 is 22.7 Å². The molecular formula is C20H24S2Sn2.